The number of anilines is 1. The minimum Gasteiger partial charge on any atom is -0.465 e. The van der Waals surface area contributed by atoms with Crippen molar-refractivity contribution < 1.29 is 19.1 Å². The summed E-state index contributed by atoms with van der Waals surface area (Å²) in [6, 6.07) is 21.0. The standard InChI is InChI=1S/C29H28N2O4/c1-35-29(34)25-8-4-5-9-27(25)30-20-12-14-31(15-13-20)18-21(32)16-19-10-11-24-26(17-19)22-6-2-3-7-23(22)28(24)33/h2-11,17,20,30H,12-16,18H2,1H3. The van der Waals surface area contributed by atoms with Gasteiger partial charge in [0.15, 0.2) is 11.6 Å². The van der Waals surface area contributed by atoms with Crippen molar-refractivity contribution in [1.29, 1.82) is 0 Å². The maximum absolute atomic E-state index is 12.8. The van der Waals surface area contributed by atoms with Crippen molar-refractivity contribution >= 4 is 23.2 Å². The van der Waals surface area contributed by atoms with Gasteiger partial charge in [0, 0.05) is 42.4 Å². The summed E-state index contributed by atoms with van der Waals surface area (Å²) in [5, 5.41) is 3.47. The van der Waals surface area contributed by atoms with Crippen LogP contribution < -0.4 is 5.32 Å². The number of carbonyl (C=O) groups excluding carboxylic acids is 3. The minimum absolute atomic E-state index is 0.0548. The van der Waals surface area contributed by atoms with E-state index in [9.17, 15) is 14.4 Å². The van der Waals surface area contributed by atoms with Gasteiger partial charge < -0.3 is 10.1 Å². The Balaban J connectivity index is 1.16. The van der Waals surface area contributed by atoms with Crippen LogP contribution in [0.25, 0.3) is 11.1 Å². The van der Waals surface area contributed by atoms with E-state index >= 15 is 0 Å². The molecular formula is C29H28N2O4. The van der Waals surface area contributed by atoms with Crippen LogP contribution in [-0.4, -0.2) is 55.2 Å². The SMILES string of the molecule is COC(=O)c1ccccc1NC1CCN(CC(=O)Cc2ccc3c(c2)-c2ccccc2C3=O)CC1. The lowest BCUT2D eigenvalue weighted by Crippen LogP contribution is -2.41. The summed E-state index contributed by atoms with van der Waals surface area (Å²) in [6.07, 6.45) is 2.13. The summed E-state index contributed by atoms with van der Waals surface area (Å²) in [6.45, 7) is 2.05. The van der Waals surface area contributed by atoms with E-state index in [2.05, 4.69) is 10.2 Å². The van der Waals surface area contributed by atoms with E-state index in [-0.39, 0.29) is 23.6 Å². The van der Waals surface area contributed by atoms with Crippen molar-refractivity contribution in [2.75, 3.05) is 32.1 Å². The fraction of sp³-hybridized carbons (Fsp3) is 0.276. The summed E-state index contributed by atoms with van der Waals surface area (Å²) in [4.78, 5) is 39.6. The van der Waals surface area contributed by atoms with Gasteiger partial charge in [0.25, 0.3) is 0 Å². The molecule has 0 amide bonds. The van der Waals surface area contributed by atoms with Crippen molar-refractivity contribution in [3.8, 4) is 11.1 Å². The zero-order valence-corrected chi connectivity index (χ0v) is 19.8. The molecule has 35 heavy (non-hydrogen) atoms. The lowest BCUT2D eigenvalue weighted by molar-refractivity contribution is -0.119. The van der Waals surface area contributed by atoms with Gasteiger partial charge in [-0.1, -0.05) is 48.5 Å². The average Bonchev–Trinajstić information content (AvgIpc) is 3.16. The van der Waals surface area contributed by atoms with Crippen LogP contribution in [-0.2, 0) is 16.0 Å². The van der Waals surface area contributed by atoms with E-state index in [4.69, 9.17) is 4.74 Å². The minimum atomic E-state index is -0.351. The van der Waals surface area contributed by atoms with Gasteiger partial charge in [-0.3, -0.25) is 14.5 Å². The number of fused-ring (bicyclic) bond motifs is 3. The number of methoxy groups -OCH3 is 1. The Morgan fingerprint density at radius 2 is 1.60 bits per heavy atom. The summed E-state index contributed by atoms with van der Waals surface area (Å²) in [5.74, 6) is -0.125. The lowest BCUT2D eigenvalue weighted by Gasteiger charge is -2.32. The summed E-state index contributed by atoms with van der Waals surface area (Å²) in [7, 11) is 1.38. The van der Waals surface area contributed by atoms with Crippen molar-refractivity contribution in [3.05, 3.63) is 89.0 Å². The molecule has 178 valence electrons. The molecule has 2 aliphatic rings. The third kappa shape index (κ3) is 4.75. The number of nitrogens with one attached hydrogen (secondary N) is 1. The molecule has 0 aromatic heterocycles. The first-order chi connectivity index (χ1) is 17.0. The van der Waals surface area contributed by atoms with Crippen LogP contribution in [0.2, 0.25) is 0 Å². The molecule has 3 aromatic carbocycles. The summed E-state index contributed by atoms with van der Waals surface area (Å²) in [5.41, 5.74) is 5.58. The summed E-state index contributed by atoms with van der Waals surface area (Å²) < 4.78 is 4.88. The number of benzene rings is 3. The topological polar surface area (TPSA) is 75.7 Å². The average molecular weight is 469 g/mol. The predicted octanol–water partition coefficient (Wildman–Crippen LogP) is 4.37. The second-order valence-electron chi connectivity index (χ2n) is 9.20. The number of piperidine rings is 1. The number of nitrogens with zero attached hydrogens (tertiary/aromatic N) is 1. The molecular weight excluding hydrogens is 440 g/mol. The zero-order chi connectivity index (χ0) is 24.4. The number of likely N-dealkylation sites (tertiary alicyclic amines) is 1. The smallest absolute Gasteiger partial charge is 0.339 e. The van der Waals surface area contributed by atoms with Crippen molar-refractivity contribution in [2.45, 2.75) is 25.3 Å². The van der Waals surface area contributed by atoms with Gasteiger partial charge in [-0.15, -0.1) is 0 Å². The molecule has 1 fully saturated rings. The van der Waals surface area contributed by atoms with E-state index in [1.165, 1.54) is 7.11 Å². The molecule has 0 atom stereocenters. The van der Waals surface area contributed by atoms with Gasteiger partial charge in [0.2, 0.25) is 0 Å². The molecule has 3 aromatic rings. The fourth-order valence-corrected chi connectivity index (χ4v) is 5.07. The first-order valence-corrected chi connectivity index (χ1v) is 12.0. The molecule has 0 bridgehead atoms. The Morgan fingerprint density at radius 3 is 2.37 bits per heavy atom. The highest BCUT2D eigenvalue weighted by atomic mass is 16.5. The Labute approximate surface area is 204 Å². The summed E-state index contributed by atoms with van der Waals surface area (Å²) >= 11 is 0. The van der Waals surface area contributed by atoms with Gasteiger partial charge in [-0.05, 0) is 47.7 Å². The Hall–Kier alpha value is -3.77. The van der Waals surface area contributed by atoms with Crippen molar-refractivity contribution in [2.24, 2.45) is 0 Å². The lowest BCUT2D eigenvalue weighted by atomic mass is 9.99. The Morgan fingerprint density at radius 1 is 0.914 bits per heavy atom. The van der Waals surface area contributed by atoms with Gasteiger partial charge in [0.05, 0.1) is 19.2 Å². The molecule has 0 radical (unpaired) electrons. The van der Waals surface area contributed by atoms with Gasteiger partial charge in [-0.25, -0.2) is 4.79 Å². The predicted molar refractivity (Wildman–Crippen MR) is 135 cm³/mol. The van der Waals surface area contributed by atoms with Crippen molar-refractivity contribution in [3.63, 3.8) is 0 Å². The molecule has 1 aliphatic heterocycles. The third-order valence-corrected chi connectivity index (χ3v) is 6.87. The van der Waals surface area contributed by atoms with Gasteiger partial charge in [-0.2, -0.15) is 0 Å². The molecule has 0 saturated carbocycles. The maximum atomic E-state index is 12.8. The molecule has 0 spiro atoms. The van der Waals surface area contributed by atoms with E-state index in [1.807, 2.05) is 60.7 Å². The van der Waals surface area contributed by atoms with Crippen molar-refractivity contribution in [1.82, 2.24) is 4.90 Å². The normalized spacial score (nSPS) is 15.4. The number of ether oxygens (including phenoxy) is 1. The van der Waals surface area contributed by atoms with Crippen LogP contribution in [0.3, 0.4) is 0 Å². The highest BCUT2D eigenvalue weighted by Crippen LogP contribution is 2.37. The van der Waals surface area contributed by atoms with Gasteiger partial charge >= 0.3 is 5.97 Å². The van der Waals surface area contributed by atoms with E-state index in [1.54, 1.807) is 6.07 Å². The second kappa shape index (κ2) is 9.84. The highest BCUT2D eigenvalue weighted by Gasteiger charge is 2.27. The van der Waals surface area contributed by atoms with E-state index in [0.29, 0.717) is 24.1 Å². The van der Waals surface area contributed by atoms with E-state index in [0.717, 1.165) is 53.9 Å². The first kappa shape index (κ1) is 23.0. The molecule has 1 saturated heterocycles. The number of para-hydroxylation sites is 1. The number of carbonyl (C=O) groups is 3. The molecule has 6 heteroatoms. The number of Topliss-reactive ketones (excluding diaryl/α,β-unsaturated/α-hetero) is 1. The van der Waals surface area contributed by atoms with Crippen LogP contribution >= 0.6 is 0 Å². The number of rotatable bonds is 7. The third-order valence-electron chi connectivity index (χ3n) is 6.87. The molecule has 6 nitrogen and oxygen atoms in total. The van der Waals surface area contributed by atoms with Crippen LogP contribution in [0.4, 0.5) is 5.69 Å². The number of hydrogen-bond donors (Lipinski definition) is 1. The Bertz CT molecular complexity index is 1290. The van der Waals surface area contributed by atoms with Crippen LogP contribution in [0.1, 0.15) is 44.7 Å². The fourth-order valence-electron chi connectivity index (χ4n) is 5.07. The van der Waals surface area contributed by atoms with Crippen LogP contribution in [0.15, 0.2) is 66.7 Å². The molecule has 1 heterocycles. The van der Waals surface area contributed by atoms with E-state index < -0.39 is 0 Å². The molecule has 5 rings (SSSR count). The van der Waals surface area contributed by atoms with Gasteiger partial charge in [0.1, 0.15) is 0 Å². The molecule has 0 unspecified atom stereocenters. The van der Waals surface area contributed by atoms with Crippen LogP contribution in [0, 0.1) is 0 Å². The number of ketones is 2. The number of hydrogen-bond acceptors (Lipinski definition) is 6. The second-order valence-corrected chi connectivity index (χ2v) is 9.20. The zero-order valence-electron chi connectivity index (χ0n) is 19.8. The van der Waals surface area contributed by atoms with Crippen LogP contribution in [0.5, 0.6) is 0 Å². The quantitative estimate of drug-likeness (QED) is 0.406. The Kier molecular flexibility index (Phi) is 6.47. The highest BCUT2D eigenvalue weighted by molar-refractivity contribution is 6.21. The molecule has 1 N–H and O–H groups in total. The maximum Gasteiger partial charge on any atom is 0.339 e. The largest absolute Gasteiger partial charge is 0.465 e. The molecule has 1 aliphatic carbocycles. The monoisotopic (exact) mass is 468 g/mol. The number of esters is 1. The first-order valence-electron chi connectivity index (χ1n) is 12.0.